The number of aryl methyl sites for hydroxylation is 2. The number of fused-ring (bicyclic) bond motifs is 2. The van der Waals surface area contributed by atoms with Gasteiger partial charge in [0.05, 0.1) is 36.2 Å². The number of phenols is 1. The molecule has 12 heteroatoms. The number of benzene rings is 2. The number of hydrogen-bond donors (Lipinski definition) is 2. The van der Waals surface area contributed by atoms with Gasteiger partial charge in [0.15, 0.2) is 5.65 Å². The normalized spacial score (nSPS) is 19.9. The SMILES string of the molecule is O=c1c2cc(F)cnc2n(-c2cccc(-c3ccc(O)cc3CN3CCOCC3)c2)c(=O)n1[C@H]1CC[C@@H](NCc2cn3c(n2)CCCC3)CC1. The molecule has 0 radical (unpaired) electrons. The molecule has 5 aromatic rings. The Morgan fingerprint density at radius 1 is 0.980 bits per heavy atom. The zero-order valence-electron chi connectivity index (χ0n) is 28.1. The fraction of sp³-hybridized carbons (Fsp3) is 0.421. The van der Waals surface area contributed by atoms with Crippen LogP contribution in [0.4, 0.5) is 4.39 Å². The van der Waals surface area contributed by atoms with Crippen molar-refractivity contribution < 1.29 is 14.2 Å². The van der Waals surface area contributed by atoms with Crippen LogP contribution in [0.2, 0.25) is 0 Å². The minimum Gasteiger partial charge on any atom is -0.508 e. The van der Waals surface area contributed by atoms with Crippen LogP contribution < -0.4 is 16.6 Å². The third-order valence-corrected chi connectivity index (χ3v) is 10.5. The summed E-state index contributed by atoms with van der Waals surface area (Å²) in [6.07, 6.45) is 9.47. The van der Waals surface area contributed by atoms with Crippen molar-refractivity contribution in [3.63, 3.8) is 0 Å². The molecular weight excluding hydrogens is 637 g/mol. The first-order valence-corrected chi connectivity index (χ1v) is 17.8. The van der Waals surface area contributed by atoms with Crippen molar-refractivity contribution in [1.82, 2.24) is 33.9 Å². The van der Waals surface area contributed by atoms with Crippen molar-refractivity contribution in [2.45, 2.75) is 76.7 Å². The molecule has 3 aromatic heterocycles. The van der Waals surface area contributed by atoms with Crippen molar-refractivity contribution in [2.24, 2.45) is 0 Å². The number of aromatic nitrogens is 5. The fourth-order valence-corrected chi connectivity index (χ4v) is 7.89. The van der Waals surface area contributed by atoms with Crippen LogP contribution in [0.5, 0.6) is 5.75 Å². The van der Waals surface area contributed by atoms with E-state index in [1.165, 1.54) is 28.0 Å². The number of rotatable bonds is 8. The largest absolute Gasteiger partial charge is 0.508 e. The number of morpholine rings is 1. The molecule has 1 saturated heterocycles. The van der Waals surface area contributed by atoms with Crippen LogP contribution in [0.25, 0.3) is 27.8 Å². The topological polar surface area (TPSA) is 119 Å². The summed E-state index contributed by atoms with van der Waals surface area (Å²) in [7, 11) is 0. The molecule has 1 saturated carbocycles. The molecular formula is C38H42FN7O4. The highest BCUT2D eigenvalue weighted by Gasteiger charge is 2.28. The predicted octanol–water partition coefficient (Wildman–Crippen LogP) is 4.70. The molecule has 0 spiro atoms. The first-order chi connectivity index (χ1) is 24.4. The Bertz CT molecular complexity index is 2120. The maximum absolute atomic E-state index is 14.6. The summed E-state index contributed by atoms with van der Waals surface area (Å²) in [6.45, 7) is 5.27. The summed E-state index contributed by atoms with van der Waals surface area (Å²) in [5.74, 6) is 0.710. The molecule has 5 heterocycles. The van der Waals surface area contributed by atoms with Gasteiger partial charge in [0, 0.05) is 57.4 Å². The van der Waals surface area contributed by atoms with Gasteiger partial charge in [-0.05, 0) is 85.5 Å². The van der Waals surface area contributed by atoms with Crippen LogP contribution in [-0.4, -0.2) is 66.0 Å². The predicted molar refractivity (Wildman–Crippen MR) is 188 cm³/mol. The van der Waals surface area contributed by atoms with Gasteiger partial charge in [-0.1, -0.05) is 18.2 Å². The molecule has 50 heavy (non-hydrogen) atoms. The van der Waals surface area contributed by atoms with Gasteiger partial charge in [0.25, 0.3) is 5.56 Å². The zero-order chi connectivity index (χ0) is 34.2. The van der Waals surface area contributed by atoms with Gasteiger partial charge >= 0.3 is 5.69 Å². The van der Waals surface area contributed by atoms with E-state index >= 15 is 0 Å². The van der Waals surface area contributed by atoms with Gasteiger partial charge < -0.3 is 19.7 Å². The third-order valence-electron chi connectivity index (χ3n) is 10.5. The number of hydrogen-bond acceptors (Lipinski definition) is 8. The molecule has 0 amide bonds. The van der Waals surface area contributed by atoms with E-state index in [9.17, 15) is 19.1 Å². The smallest absolute Gasteiger partial charge is 0.337 e. The maximum atomic E-state index is 14.6. The van der Waals surface area contributed by atoms with E-state index in [2.05, 4.69) is 26.0 Å². The number of phenolic OH excluding ortho intramolecular Hbond substituents is 1. The van der Waals surface area contributed by atoms with E-state index in [4.69, 9.17) is 9.72 Å². The Hall–Kier alpha value is -4.65. The van der Waals surface area contributed by atoms with Crippen LogP contribution in [0.3, 0.4) is 0 Å². The molecule has 0 unspecified atom stereocenters. The van der Waals surface area contributed by atoms with Crippen molar-refractivity contribution in [2.75, 3.05) is 26.3 Å². The molecule has 1 aliphatic carbocycles. The van der Waals surface area contributed by atoms with Crippen LogP contribution >= 0.6 is 0 Å². The second kappa shape index (κ2) is 13.9. The van der Waals surface area contributed by atoms with Gasteiger partial charge in [-0.3, -0.25) is 14.3 Å². The average molecular weight is 680 g/mol. The first-order valence-electron chi connectivity index (χ1n) is 17.8. The number of aromatic hydroxyl groups is 1. The van der Waals surface area contributed by atoms with Gasteiger partial charge in [-0.15, -0.1) is 0 Å². The number of imidazole rings is 1. The molecule has 8 rings (SSSR count). The van der Waals surface area contributed by atoms with Gasteiger partial charge in [-0.25, -0.2) is 23.7 Å². The number of nitrogens with one attached hydrogen (secondary N) is 1. The highest BCUT2D eigenvalue weighted by molar-refractivity contribution is 5.77. The van der Waals surface area contributed by atoms with Crippen LogP contribution in [0.15, 0.2) is 70.5 Å². The van der Waals surface area contributed by atoms with Crippen molar-refractivity contribution in [3.05, 3.63) is 105 Å². The molecule has 2 aliphatic heterocycles. The number of pyridine rings is 1. The third kappa shape index (κ3) is 6.50. The lowest BCUT2D eigenvalue weighted by atomic mass is 9.91. The molecule has 2 fully saturated rings. The highest BCUT2D eigenvalue weighted by Crippen LogP contribution is 2.31. The van der Waals surface area contributed by atoms with Gasteiger partial charge in [-0.2, -0.15) is 0 Å². The Morgan fingerprint density at radius 2 is 1.82 bits per heavy atom. The quantitative estimate of drug-likeness (QED) is 0.243. The summed E-state index contributed by atoms with van der Waals surface area (Å²) >= 11 is 0. The summed E-state index contributed by atoms with van der Waals surface area (Å²) in [6, 6.07) is 13.9. The molecule has 2 N–H and O–H groups in total. The standard InChI is InChI=1S/C38H42FN7O4/c39-27-20-34-36(41-21-27)45(31-5-3-4-25(18-31)33-12-11-32(47)19-26(33)23-43-14-16-50-17-15-43)38(49)46(37(34)48)30-9-7-28(8-10-30)40-22-29-24-44-13-2-1-6-35(44)42-29/h3-5,11-12,18-21,24,28,30,40,47H,1-2,6-10,13-17,22-23H2/t28-,30+. The average Bonchev–Trinajstić information content (AvgIpc) is 3.56. The van der Waals surface area contributed by atoms with Gasteiger partial charge in [0.1, 0.15) is 17.4 Å². The lowest BCUT2D eigenvalue weighted by Crippen LogP contribution is -2.44. The molecule has 260 valence electrons. The monoisotopic (exact) mass is 679 g/mol. The summed E-state index contributed by atoms with van der Waals surface area (Å²) in [5.41, 5.74) is 3.40. The minimum absolute atomic E-state index is 0.0663. The molecule has 3 aliphatic rings. The molecule has 11 nitrogen and oxygen atoms in total. The lowest BCUT2D eigenvalue weighted by Gasteiger charge is -2.30. The van der Waals surface area contributed by atoms with E-state index in [0.29, 0.717) is 44.8 Å². The highest BCUT2D eigenvalue weighted by atomic mass is 19.1. The maximum Gasteiger partial charge on any atom is 0.337 e. The number of nitrogens with zero attached hydrogens (tertiary/aromatic N) is 6. The Balaban J connectivity index is 1.09. The Morgan fingerprint density at radius 3 is 2.64 bits per heavy atom. The molecule has 0 atom stereocenters. The van der Waals surface area contributed by atoms with Crippen LogP contribution in [0.1, 0.15) is 61.6 Å². The van der Waals surface area contributed by atoms with E-state index in [1.807, 2.05) is 24.3 Å². The number of ether oxygens (including phenoxy) is 1. The summed E-state index contributed by atoms with van der Waals surface area (Å²) in [4.78, 5) is 39.7. The first kappa shape index (κ1) is 32.5. The van der Waals surface area contributed by atoms with Crippen molar-refractivity contribution in [1.29, 1.82) is 0 Å². The minimum atomic E-state index is -0.633. The fourth-order valence-electron chi connectivity index (χ4n) is 7.89. The summed E-state index contributed by atoms with van der Waals surface area (Å²) < 4.78 is 25.1. The second-order valence-electron chi connectivity index (χ2n) is 13.8. The second-order valence-corrected chi connectivity index (χ2v) is 13.8. The van der Waals surface area contributed by atoms with E-state index in [-0.39, 0.29) is 28.9 Å². The van der Waals surface area contributed by atoms with Crippen LogP contribution in [-0.2, 0) is 30.8 Å². The van der Waals surface area contributed by atoms with E-state index in [1.54, 1.807) is 18.2 Å². The lowest BCUT2D eigenvalue weighted by molar-refractivity contribution is 0.0342. The van der Waals surface area contributed by atoms with Crippen molar-refractivity contribution in [3.8, 4) is 22.6 Å². The van der Waals surface area contributed by atoms with E-state index in [0.717, 1.165) is 73.3 Å². The molecule has 2 aromatic carbocycles. The zero-order valence-corrected chi connectivity index (χ0v) is 28.1. The summed E-state index contributed by atoms with van der Waals surface area (Å²) in [5, 5.41) is 14.1. The Labute approximate surface area is 289 Å². The number of halogens is 1. The van der Waals surface area contributed by atoms with Gasteiger partial charge in [0.2, 0.25) is 0 Å². The van der Waals surface area contributed by atoms with Crippen molar-refractivity contribution >= 4 is 11.0 Å². The molecule has 0 bridgehead atoms. The Kier molecular flexibility index (Phi) is 9.07. The van der Waals surface area contributed by atoms with Crippen LogP contribution in [0, 0.1) is 5.82 Å². The van der Waals surface area contributed by atoms with E-state index < -0.39 is 17.1 Å².